The van der Waals surface area contributed by atoms with Gasteiger partial charge in [-0.05, 0) is 31.9 Å². The van der Waals surface area contributed by atoms with E-state index in [2.05, 4.69) is 17.0 Å². The number of aryl methyl sites for hydroxylation is 4. The van der Waals surface area contributed by atoms with Gasteiger partial charge in [0.1, 0.15) is 17.0 Å². The zero-order chi connectivity index (χ0) is 22.3. The first-order chi connectivity index (χ1) is 14.8. The van der Waals surface area contributed by atoms with E-state index < -0.39 is 0 Å². The highest BCUT2D eigenvalue weighted by Gasteiger charge is 2.19. The number of furan rings is 1. The molecule has 0 unspecified atom stereocenters. The third-order valence-electron chi connectivity index (χ3n) is 6.07. The molecule has 0 spiro atoms. The van der Waals surface area contributed by atoms with E-state index in [4.69, 9.17) is 4.42 Å². The zero-order valence-corrected chi connectivity index (χ0v) is 18.7. The summed E-state index contributed by atoms with van der Waals surface area (Å²) in [6.45, 7) is 6.39. The Kier molecular flexibility index (Phi) is 5.43. The number of carbonyl (C=O) groups excluding carboxylic acids is 1. The largest absolute Gasteiger partial charge is 0.461 e. The van der Waals surface area contributed by atoms with E-state index in [0.717, 1.165) is 45.4 Å². The van der Waals surface area contributed by atoms with Crippen LogP contribution in [0.2, 0.25) is 0 Å². The number of hydrogen-bond acceptors (Lipinski definition) is 4. The van der Waals surface area contributed by atoms with Crippen molar-refractivity contribution in [3.63, 3.8) is 0 Å². The molecule has 0 atom stereocenters. The summed E-state index contributed by atoms with van der Waals surface area (Å²) in [5, 5.41) is 6.40. The number of amides is 1. The molecule has 7 nitrogen and oxygen atoms in total. The zero-order valence-electron chi connectivity index (χ0n) is 18.7. The number of aromatic nitrogens is 3. The molecule has 3 heterocycles. The smallest absolute Gasteiger partial charge is 0.253 e. The Bertz CT molecular complexity index is 1340. The van der Waals surface area contributed by atoms with E-state index in [1.54, 1.807) is 16.6 Å². The number of fused-ring (bicyclic) bond motifs is 2. The lowest BCUT2D eigenvalue weighted by Crippen LogP contribution is -2.27. The molecule has 0 aliphatic heterocycles. The number of rotatable bonds is 6. The number of aromatic amines is 1. The van der Waals surface area contributed by atoms with Crippen molar-refractivity contribution in [2.45, 2.75) is 46.6 Å². The van der Waals surface area contributed by atoms with Crippen LogP contribution in [0.5, 0.6) is 0 Å². The lowest BCUT2D eigenvalue weighted by molar-refractivity contribution is -0.130. The maximum atomic E-state index is 12.9. The van der Waals surface area contributed by atoms with Crippen LogP contribution in [-0.4, -0.2) is 32.6 Å². The average molecular weight is 421 g/mol. The molecule has 7 heteroatoms. The van der Waals surface area contributed by atoms with Crippen LogP contribution in [0.3, 0.4) is 0 Å². The summed E-state index contributed by atoms with van der Waals surface area (Å²) >= 11 is 0. The van der Waals surface area contributed by atoms with Crippen molar-refractivity contribution < 1.29 is 9.21 Å². The minimum Gasteiger partial charge on any atom is -0.461 e. The highest BCUT2D eigenvalue weighted by molar-refractivity contribution is 5.84. The summed E-state index contributed by atoms with van der Waals surface area (Å²) in [6, 6.07) is 7.91. The van der Waals surface area contributed by atoms with E-state index in [-0.39, 0.29) is 17.9 Å². The minimum atomic E-state index is -0.155. The van der Waals surface area contributed by atoms with Gasteiger partial charge >= 0.3 is 0 Å². The number of carbonyl (C=O) groups is 1. The molecule has 1 aromatic carbocycles. The third kappa shape index (κ3) is 3.65. The summed E-state index contributed by atoms with van der Waals surface area (Å²) in [5.74, 6) is 0.903. The Morgan fingerprint density at radius 3 is 2.71 bits per heavy atom. The Labute approximate surface area is 180 Å². The van der Waals surface area contributed by atoms with E-state index in [1.807, 2.05) is 45.2 Å². The highest BCUT2D eigenvalue weighted by Crippen LogP contribution is 2.27. The number of H-pyrrole nitrogens is 1. The van der Waals surface area contributed by atoms with Crippen LogP contribution in [-0.2, 0) is 31.2 Å². The van der Waals surface area contributed by atoms with Gasteiger partial charge in [0.15, 0.2) is 0 Å². The Hall–Kier alpha value is -3.35. The van der Waals surface area contributed by atoms with Gasteiger partial charge in [-0.1, -0.05) is 25.1 Å². The van der Waals surface area contributed by atoms with Gasteiger partial charge in [-0.3, -0.25) is 14.3 Å². The summed E-state index contributed by atoms with van der Waals surface area (Å²) in [5.41, 5.74) is 4.87. The predicted octanol–water partition coefficient (Wildman–Crippen LogP) is 3.78. The fraction of sp³-hybridized carbons (Fsp3) is 0.375. The summed E-state index contributed by atoms with van der Waals surface area (Å²) in [4.78, 5) is 30.2. The molecular weight excluding hydrogens is 392 g/mol. The van der Waals surface area contributed by atoms with Gasteiger partial charge in [0.2, 0.25) is 5.91 Å². The molecule has 4 rings (SSSR count). The van der Waals surface area contributed by atoms with Crippen LogP contribution >= 0.6 is 0 Å². The SMILES string of the molecule is CCc1oc2ccccc2c1CN(C)C(=O)CCc1c(C)c2c(C)nn(C)c2[nH]c1=O. The van der Waals surface area contributed by atoms with Crippen molar-refractivity contribution in [3.05, 3.63) is 62.8 Å². The van der Waals surface area contributed by atoms with Crippen LogP contribution < -0.4 is 5.56 Å². The normalized spacial score (nSPS) is 11.5. The Balaban J connectivity index is 1.53. The quantitative estimate of drug-likeness (QED) is 0.515. The van der Waals surface area contributed by atoms with Gasteiger partial charge in [-0.25, -0.2) is 0 Å². The molecule has 1 amide bonds. The van der Waals surface area contributed by atoms with Crippen LogP contribution in [0.4, 0.5) is 0 Å². The standard InChI is InChI=1S/C24H28N4O3/c1-6-19-18(17-9-7-8-10-20(17)31-19)13-27(4)21(29)12-11-16-14(2)22-15(3)26-28(5)23(22)25-24(16)30/h7-10H,6,11-13H2,1-5H3,(H,25,30). The lowest BCUT2D eigenvalue weighted by atomic mass is 10.0. The molecule has 0 bridgehead atoms. The number of nitrogens with zero attached hydrogens (tertiary/aromatic N) is 3. The molecular formula is C24H28N4O3. The number of nitrogens with one attached hydrogen (secondary N) is 1. The first kappa shape index (κ1) is 20.9. The van der Waals surface area contributed by atoms with Crippen LogP contribution in [0.15, 0.2) is 33.5 Å². The van der Waals surface area contributed by atoms with Gasteiger partial charge in [-0.2, -0.15) is 5.10 Å². The topological polar surface area (TPSA) is 84.1 Å². The second kappa shape index (κ2) is 8.06. The summed E-state index contributed by atoms with van der Waals surface area (Å²) in [7, 11) is 3.61. The maximum absolute atomic E-state index is 12.9. The van der Waals surface area contributed by atoms with E-state index in [1.165, 1.54) is 0 Å². The summed E-state index contributed by atoms with van der Waals surface area (Å²) in [6.07, 6.45) is 1.43. The van der Waals surface area contributed by atoms with Crippen molar-refractivity contribution >= 4 is 27.9 Å². The molecule has 0 saturated carbocycles. The number of pyridine rings is 1. The summed E-state index contributed by atoms with van der Waals surface area (Å²) < 4.78 is 7.64. The van der Waals surface area contributed by atoms with E-state index in [0.29, 0.717) is 24.2 Å². The highest BCUT2D eigenvalue weighted by atomic mass is 16.3. The Morgan fingerprint density at radius 2 is 1.97 bits per heavy atom. The van der Waals surface area contributed by atoms with Crippen LogP contribution in [0, 0.1) is 13.8 Å². The van der Waals surface area contributed by atoms with Crippen LogP contribution in [0.1, 0.15) is 41.5 Å². The number of para-hydroxylation sites is 1. The predicted molar refractivity (Wildman–Crippen MR) is 121 cm³/mol. The van der Waals surface area contributed by atoms with Crippen molar-refractivity contribution in [3.8, 4) is 0 Å². The molecule has 4 aromatic rings. The van der Waals surface area contributed by atoms with Crippen molar-refractivity contribution in [1.82, 2.24) is 19.7 Å². The first-order valence-electron chi connectivity index (χ1n) is 10.6. The molecule has 162 valence electrons. The maximum Gasteiger partial charge on any atom is 0.253 e. The van der Waals surface area contributed by atoms with Crippen molar-refractivity contribution in [2.24, 2.45) is 7.05 Å². The number of benzene rings is 1. The van der Waals surface area contributed by atoms with Gasteiger partial charge in [-0.15, -0.1) is 0 Å². The molecule has 1 N–H and O–H groups in total. The minimum absolute atomic E-state index is 0.00543. The molecule has 3 aromatic heterocycles. The Morgan fingerprint density at radius 1 is 1.23 bits per heavy atom. The fourth-order valence-electron chi connectivity index (χ4n) is 4.41. The van der Waals surface area contributed by atoms with Gasteiger partial charge in [0.05, 0.1) is 5.69 Å². The van der Waals surface area contributed by atoms with E-state index >= 15 is 0 Å². The fourth-order valence-corrected chi connectivity index (χ4v) is 4.41. The molecule has 31 heavy (non-hydrogen) atoms. The molecule has 0 aliphatic carbocycles. The van der Waals surface area contributed by atoms with Crippen LogP contribution in [0.25, 0.3) is 22.0 Å². The van der Waals surface area contributed by atoms with E-state index in [9.17, 15) is 9.59 Å². The first-order valence-corrected chi connectivity index (χ1v) is 10.6. The van der Waals surface area contributed by atoms with Gasteiger partial charge in [0.25, 0.3) is 5.56 Å². The molecule has 0 aliphatic rings. The third-order valence-corrected chi connectivity index (χ3v) is 6.07. The van der Waals surface area contributed by atoms with Gasteiger partial charge < -0.3 is 14.3 Å². The lowest BCUT2D eigenvalue weighted by Gasteiger charge is -2.18. The molecule has 0 saturated heterocycles. The van der Waals surface area contributed by atoms with Gasteiger partial charge in [0, 0.05) is 55.4 Å². The average Bonchev–Trinajstić information content (AvgIpc) is 3.24. The second-order valence-electron chi connectivity index (χ2n) is 8.09. The van der Waals surface area contributed by atoms with Crippen molar-refractivity contribution in [2.75, 3.05) is 7.05 Å². The van der Waals surface area contributed by atoms with Crippen molar-refractivity contribution in [1.29, 1.82) is 0 Å². The second-order valence-corrected chi connectivity index (χ2v) is 8.09. The molecule has 0 fully saturated rings. The monoisotopic (exact) mass is 420 g/mol. The molecule has 0 radical (unpaired) electrons. The number of hydrogen-bond donors (Lipinski definition) is 1.